The van der Waals surface area contributed by atoms with Crippen molar-refractivity contribution in [2.75, 3.05) is 38.1 Å². The average molecular weight is 463 g/mol. The quantitative estimate of drug-likeness (QED) is 0.416. The number of imide groups is 2. The fraction of sp³-hybridized carbons (Fsp3) is 0.375. The van der Waals surface area contributed by atoms with Crippen molar-refractivity contribution in [2.24, 2.45) is 5.41 Å². The number of carbonyl (C=O) groups is 3. The van der Waals surface area contributed by atoms with Gasteiger partial charge in [0.15, 0.2) is 5.41 Å². The number of rotatable bonds is 4. The Balaban J connectivity index is 1.56. The van der Waals surface area contributed by atoms with Crippen LogP contribution in [0.5, 0.6) is 0 Å². The molecule has 4 amide bonds. The van der Waals surface area contributed by atoms with E-state index in [9.17, 15) is 24.5 Å². The highest BCUT2D eigenvalue weighted by atomic mass is 16.6. The van der Waals surface area contributed by atoms with E-state index in [1.807, 2.05) is 42.3 Å². The first-order valence-electron chi connectivity index (χ1n) is 11.2. The number of nitro benzene ring substituents is 1. The number of benzene rings is 2. The van der Waals surface area contributed by atoms with E-state index in [1.165, 1.54) is 12.1 Å². The highest BCUT2D eigenvalue weighted by Crippen LogP contribution is 2.46. The molecule has 3 aliphatic rings. The zero-order valence-electron chi connectivity index (χ0n) is 18.8. The summed E-state index contributed by atoms with van der Waals surface area (Å²) in [6.45, 7) is 1.87. The van der Waals surface area contributed by atoms with E-state index in [2.05, 4.69) is 10.2 Å². The largest absolute Gasteiger partial charge is 0.364 e. The van der Waals surface area contributed by atoms with E-state index in [-0.39, 0.29) is 18.7 Å². The Labute approximate surface area is 196 Å². The Morgan fingerprint density at radius 2 is 1.88 bits per heavy atom. The summed E-state index contributed by atoms with van der Waals surface area (Å²) in [5, 5.41) is 13.8. The molecule has 3 heterocycles. The van der Waals surface area contributed by atoms with Crippen molar-refractivity contribution in [1.29, 1.82) is 0 Å². The molecule has 2 aromatic rings. The van der Waals surface area contributed by atoms with Crippen LogP contribution < -0.4 is 10.2 Å². The third kappa shape index (κ3) is 3.41. The summed E-state index contributed by atoms with van der Waals surface area (Å²) < 4.78 is 0. The number of urea groups is 1. The van der Waals surface area contributed by atoms with E-state index in [0.717, 1.165) is 22.7 Å². The molecule has 3 aliphatic heterocycles. The van der Waals surface area contributed by atoms with E-state index >= 15 is 0 Å². The second-order valence-corrected chi connectivity index (χ2v) is 9.14. The van der Waals surface area contributed by atoms with Gasteiger partial charge in [0.05, 0.1) is 11.0 Å². The van der Waals surface area contributed by atoms with Gasteiger partial charge < -0.3 is 9.80 Å². The van der Waals surface area contributed by atoms with Gasteiger partial charge in [-0.25, -0.2) is 4.79 Å². The number of piperazine rings is 1. The van der Waals surface area contributed by atoms with Crippen molar-refractivity contribution < 1.29 is 19.3 Å². The zero-order chi connectivity index (χ0) is 24.0. The molecule has 0 bridgehead atoms. The Kier molecular flexibility index (Phi) is 5.32. The number of amides is 4. The van der Waals surface area contributed by atoms with E-state index in [4.69, 9.17) is 0 Å². The molecule has 1 spiro atoms. The minimum atomic E-state index is -1.55. The lowest BCUT2D eigenvalue weighted by atomic mass is 9.67. The number of hydrogen-bond donors (Lipinski definition) is 1. The van der Waals surface area contributed by atoms with Crippen LogP contribution in [0.2, 0.25) is 0 Å². The number of barbiturate groups is 1. The van der Waals surface area contributed by atoms with Gasteiger partial charge in [-0.2, -0.15) is 0 Å². The molecule has 1 N–H and O–H groups in total. The SMILES string of the molecule is CN1CCN2c3ccc([N+](=O)[O-])cc3C[C@@]3(C(=O)NC(=O)N(CCc4ccccc4)C3=O)[C@@H]2C1. The third-order valence-corrected chi connectivity index (χ3v) is 7.17. The standard InChI is InChI=1S/C24H25N5O5/c1-26-11-12-27-19-8-7-18(29(33)34)13-17(19)14-24(20(27)15-26)21(30)25-23(32)28(22(24)31)10-9-16-5-3-2-4-6-16/h2-8,13,20H,9-12,14-15H2,1H3,(H,25,30,32)/t20-,24-/m0/s1. The molecular weight excluding hydrogens is 438 g/mol. The van der Waals surface area contributed by atoms with Crippen LogP contribution in [0.3, 0.4) is 0 Å². The lowest BCUT2D eigenvalue weighted by Gasteiger charge is -2.55. The number of hydrogen-bond acceptors (Lipinski definition) is 7. The van der Waals surface area contributed by atoms with Crippen LogP contribution in [0.4, 0.5) is 16.2 Å². The molecule has 2 fully saturated rings. The molecule has 0 unspecified atom stereocenters. The molecule has 34 heavy (non-hydrogen) atoms. The summed E-state index contributed by atoms with van der Waals surface area (Å²) in [7, 11) is 1.93. The maximum absolute atomic E-state index is 14.0. The van der Waals surface area contributed by atoms with Gasteiger partial charge in [-0.15, -0.1) is 0 Å². The number of anilines is 1. The topological polar surface area (TPSA) is 116 Å². The van der Waals surface area contributed by atoms with Gasteiger partial charge in [0.2, 0.25) is 11.8 Å². The van der Waals surface area contributed by atoms with Gasteiger partial charge in [-0.05, 0) is 30.7 Å². The second kappa shape index (κ2) is 8.21. The van der Waals surface area contributed by atoms with Crippen LogP contribution in [-0.4, -0.2) is 71.8 Å². The number of nitrogens with zero attached hydrogens (tertiary/aromatic N) is 4. The lowest BCUT2D eigenvalue weighted by molar-refractivity contribution is -0.384. The molecule has 0 saturated carbocycles. The van der Waals surface area contributed by atoms with Crippen LogP contribution in [0.25, 0.3) is 0 Å². The van der Waals surface area contributed by atoms with E-state index in [0.29, 0.717) is 25.1 Å². The third-order valence-electron chi connectivity index (χ3n) is 7.17. The van der Waals surface area contributed by atoms with Gasteiger partial charge in [0.1, 0.15) is 0 Å². The van der Waals surface area contributed by atoms with Gasteiger partial charge >= 0.3 is 6.03 Å². The second-order valence-electron chi connectivity index (χ2n) is 9.14. The van der Waals surface area contributed by atoms with Crippen LogP contribution in [0.15, 0.2) is 48.5 Å². The van der Waals surface area contributed by atoms with Crippen LogP contribution in [0.1, 0.15) is 11.1 Å². The first-order chi connectivity index (χ1) is 16.3. The first-order valence-corrected chi connectivity index (χ1v) is 11.2. The van der Waals surface area contributed by atoms with Gasteiger partial charge in [-0.1, -0.05) is 30.3 Å². The van der Waals surface area contributed by atoms with Gasteiger partial charge in [-0.3, -0.25) is 29.9 Å². The van der Waals surface area contributed by atoms with Gasteiger partial charge in [0, 0.05) is 50.4 Å². The summed E-state index contributed by atoms with van der Waals surface area (Å²) in [5.41, 5.74) is 0.681. The van der Waals surface area contributed by atoms with Crippen molar-refractivity contribution >= 4 is 29.2 Å². The molecular formula is C24H25N5O5. The number of carbonyl (C=O) groups excluding carboxylic acids is 3. The van der Waals surface area contributed by atoms with Gasteiger partial charge in [0.25, 0.3) is 5.69 Å². The predicted molar refractivity (Wildman–Crippen MR) is 123 cm³/mol. The van der Waals surface area contributed by atoms with Crippen molar-refractivity contribution in [3.05, 3.63) is 69.8 Å². The summed E-state index contributed by atoms with van der Waals surface area (Å²) in [4.78, 5) is 56.3. The fourth-order valence-electron chi connectivity index (χ4n) is 5.40. The Bertz CT molecular complexity index is 1190. The normalized spacial score (nSPS) is 24.6. The molecule has 10 nitrogen and oxygen atoms in total. The predicted octanol–water partition coefficient (Wildman–Crippen LogP) is 1.58. The van der Waals surface area contributed by atoms with Crippen molar-refractivity contribution in [3.63, 3.8) is 0 Å². The maximum atomic E-state index is 14.0. The molecule has 2 atom stereocenters. The van der Waals surface area contributed by atoms with Crippen LogP contribution in [-0.2, 0) is 22.4 Å². The Hall–Kier alpha value is -3.79. The maximum Gasteiger partial charge on any atom is 0.330 e. The Morgan fingerprint density at radius 1 is 1.12 bits per heavy atom. The minimum Gasteiger partial charge on any atom is -0.364 e. The fourth-order valence-corrected chi connectivity index (χ4v) is 5.40. The molecule has 10 heteroatoms. The lowest BCUT2D eigenvalue weighted by Crippen LogP contribution is -2.75. The number of nitrogens with one attached hydrogen (secondary N) is 1. The number of fused-ring (bicyclic) bond motifs is 4. The van der Waals surface area contributed by atoms with Crippen LogP contribution >= 0.6 is 0 Å². The van der Waals surface area contributed by atoms with Crippen molar-refractivity contribution in [2.45, 2.75) is 18.9 Å². The molecule has 5 rings (SSSR count). The summed E-state index contributed by atoms with van der Waals surface area (Å²) in [5.74, 6) is -1.18. The smallest absolute Gasteiger partial charge is 0.330 e. The van der Waals surface area contributed by atoms with Crippen molar-refractivity contribution in [3.8, 4) is 0 Å². The Morgan fingerprint density at radius 3 is 2.62 bits per heavy atom. The summed E-state index contributed by atoms with van der Waals surface area (Å²) in [6, 6.07) is 12.9. The summed E-state index contributed by atoms with van der Waals surface area (Å²) >= 11 is 0. The monoisotopic (exact) mass is 463 g/mol. The number of nitro groups is 1. The minimum absolute atomic E-state index is 0.00119. The average Bonchev–Trinajstić information content (AvgIpc) is 2.82. The van der Waals surface area contributed by atoms with Crippen molar-refractivity contribution in [1.82, 2.24) is 15.1 Å². The number of likely N-dealkylation sites (N-methyl/N-ethyl adjacent to an activating group) is 1. The molecule has 176 valence electrons. The molecule has 0 aromatic heterocycles. The number of non-ortho nitro benzene ring substituents is 1. The molecule has 0 aliphatic carbocycles. The van der Waals surface area contributed by atoms with E-state index in [1.54, 1.807) is 6.07 Å². The molecule has 0 radical (unpaired) electrons. The summed E-state index contributed by atoms with van der Waals surface area (Å²) in [6.07, 6.45) is 0.458. The molecule has 2 aromatic carbocycles. The van der Waals surface area contributed by atoms with Crippen LogP contribution in [0, 0.1) is 15.5 Å². The first kappa shape index (κ1) is 22.0. The highest BCUT2D eigenvalue weighted by molar-refractivity contribution is 6.20. The highest BCUT2D eigenvalue weighted by Gasteiger charge is 2.62. The van der Waals surface area contributed by atoms with E-state index < -0.39 is 34.2 Å². The zero-order valence-corrected chi connectivity index (χ0v) is 18.8. The molecule has 2 saturated heterocycles.